The molecule has 0 N–H and O–H groups in total. The highest BCUT2D eigenvalue weighted by Crippen LogP contribution is 2.29. The van der Waals surface area contributed by atoms with Gasteiger partial charge in [0.15, 0.2) is 5.76 Å². The van der Waals surface area contributed by atoms with Crippen LogP contribution in [0.25, 0.3) is 11.3 Å². The quantitative estimate of drug-likeness (QED) is 0.754. The maximum atomic E-state index is 9.06. The Kier molecular flexibility index (Phi) is 2.78. The molecule has 0 unspecified atom stereocenters. The van der Waals surface area contributed by atoms with Gasteiger partial charge in [0, 0.05) is 11.5 Å². The summed E-state index contributed by atoms with van der Waals surface area (Å²) in [6.07, 6.45) is 0. The van der Waals surface area contributed by atoms with Crippen LogP contribution in [-0.2, 0) is 0 Å². The van der Waals surface area contributed by atoms with Gasteiger partial charge in [0.25, 0.3) is 0 Å². The fourth-order valence-electron chi connectivity index (χ4n) is 1.58. The molecular formula is C14H13NO. The number of rotatable bonds is 2. The van der Waals surface area contributed by atoms with Gasteiger partial charge in [-0.05, 0) is 6.07 Å². The molecule has 0 amide bonds. The van der Waals surface area contributed by atoms with Crippen molar-refractivity contribution in [3.63, 3.8) is 0 Å². The van der Waals surface area contributed by atoms with Gasteiger partial charge in [-0.25, -0.2) is 0 Å². The molecule has 2 nitrogen and oxygen atoms in total. The molecule has 2 rings (SSSR count). The van der Waals surface area contributed by atoms with Crippen LogP contribution in [0.4, 0.5) is 0 Å². The molecule has 1 heterocycles. The van der Waals surface area contributed by atoms with E-state index in [0.717, 1.165) is 11.3 Å². The first-order valence-electron chi connectivity index (χ1n) is 5.31. The van der Waals surface area contributed by atoms with Crippen molar-refractivity contribution in [1.82, 2.24) is 0 Å². The summed E-state index contributed by atoms with van der Waals surface area (Å²) in [5, 5.41) is 9.06. The highest BCUT2D eigenvalue weighted by Gasteiger charge is 2.14. The van der Waals surface area contributed by atoms with Crippen LogP contribution in [0.1, 0.15) is 31.1 Å². The molecule has 0 bridgehead atoms. The second-order valence-electron chi connectivity index (χ2n) is 4.02. The van der Waals surface area contributed by atoms with Crippen molar-refractivity contribution >= 4 is 0 Å². The predicted octanol–water partition coefficient (Wildman–Crippen LogP) is 3.94. The van der Waals surface area contributed by atoms with Crippen molar-refractivity contribution in [1.29, 1.82) is 5.26 Å². The average Bonchev–Trinajstić information content (AvgIpc) is 2.74. The highest BCUT2D eigenvalue weighted by atomic mass is 16.3. The van der Waals surface area contributed by atoms with Crippen molar-refractivity contribution in [2.75, 3.05) is 0 Å². The summed E-state index contributed by atoms with van der Waals surface area (Å²) in [7, 11) is 0. The van der Waals surface area contributed by atoms with Crippen LogP contribution in [0.15, 0.2) is 40.8 Å². The second-order valence-corrected chi connectivity index (χ2v) is 4.02. The van der Waals surface area contributed by atoms with E-state index in [-0.39, 0.29) is 0 Å². The van der Waals surface area contributed by atoms with Crippen LogP contribution in [0, 0.1) is 11.3 Å². The van der Waals surface area contributed by atoms with Gasteiger partial charge < -0.3 is 4.42 Å². The number of nitriles is 1. The van der Waals surface area contributed by atoms with E-state index < -0.39 is 0 Å². The van der Waals surface area contributed by atoms with Gasteiger partial charge >= 0.3 is 0 Å². The van der Waals surface area contributed by atoms with Gasteiger partial charge in [-0.2, -0.15) is 5.26 Å². The maximum absolute atomic E-state index is 9.06. The molecule has 0 saturated carbocycles. The van der Waals surface area contributed by atoms with Crippen LogP contribution in [0.3, 0.4) is 0 Å². The number of furan rings is 1. The SMILES string of the molecule is CC(C)c1cc(C#N)c(-c2ccccc2)o1. The van der Waals surface area contributed by atoms with Crippen LogP contribution < -0.4 is 0 Å². The van der Waals surface area contributed by atoms with Gasteiger partial charge in [-0.15, -0.1) is 0 Å². The Bertz CT molecular complexity index is 517. The zero-order chi connectivity index (χ0) is 11.5. The Morgan fingerprint density at radius 3 is 2.44 bits per heavy atom. The molecular weight excluding hydrogens is 198 g/mol. The Morgan fingerprint density at radius 2 is 1.88 bits per heavy atom. The number of hydrogen-bond donors (Lipinski definition) is 0. The predicted molar refractivity (Wildman–Crippen MR) is 62.9 cm³/mol. The lowest BCUT2D eigenvalue weighted by Gasteiger charge is -1.99. The molecule has 1 aromatic heterocycles. The molecule has 2 heteroatoms. The van der Waals surface area contributed by atoms with E-state index in [9.17, 15) is 0 Å². The molecule has 0 saturated heterocycles. The molecule has 0 aliphatic heterocycles. The lowest BCUT2D eigenvalue weighted by atomic mass is 10.1. The van der Waals surface area contributed by atoms with E-state index in [1.807, 2.05) is 36.4 Å². The van der Waals surface area contributed by atoms with Gasteiger partial charge in [-0.3, -0.25) is 0 Å². The van der Waals surface area contributed by atoms with E-state index in [4.69, 9.17) is 9.68 Å². The van der Waals surface area contributed by atoms with Crippen molar-refractivity contribution in [2.24, 2.45) is 0 Å². The van der Waals surface area contributed by atoms with E-state index in [1.165, 1.54) is 0 Å². The number of nitrogens with zero attached hydrogens (tertiary/aromatic N) is 1. The van der Waals surface area contributed by atoms with Crippen molar-refractivity contribution in [3.05, 3.63) is 47.7 Å². The smallest absolute Gasteiger partial charge is 0.152 e. The van der Waals surface area contributed by atoms with Crippen LogP contribution in [0.2, 0.25) is 0 Å². The van der Waals surface area contributed by atoms with Gasteiger partial charge in [0.1, 0.15) is 11.8 Å². The number of hydrogen-bond acceptors (Lipinski definition) is 2. The zero-order valence-corrected chi connectivity index (χ0v) is 9.40. The summed E-state index contributed by atoms with van der Waals surface area (Å²) in [5.41, 5.74) is 1.56. The molecule has 1 aromatic carbocycles. The average molecular weight is 211 g/mol. The van der Waals surface area contributed by atoms with Crippen LogP contribution in [0.5, 0.6) is 0 Å². The summed E-state index contributed by atoms with van der Waals surface area (Å²) in [6.45, 7) is 4.10. The Morgan fingerprint density at radius 1 is 1.19 bits per heavy atom. The first-order valence-corrected chi connectivity index (χ1v) is 5.31. The third-order valence-electron chi connectivity index (χ3n) is 2.48. The molecule has 0 atom stereocenters. The molecule has 80 valence electrons. The van der Waals surface area contributed by atoms with Crippen LogP contribution in [-0.4, -0.2) is 0 Å². The first kappa shape index (κ1) is 10.5. The summed E-state index contributed by atoms with van der Waals surface area (Å²) in [6, 6.07) is 13.7. The van der Waals surface area contributed by atoms with E-state index in [1.54, 1.807) is 0 Å². The maximum Gasteiger partial charge on any atom is 0.152 e. The standard InChI is InChI=1S/C14H13NO/c1-10(2)13-8-12(9-15)14(16-13)11-6-4-3-5-7-11/h3-8,10H,1-2H3. The van der Waals surface area contributed by atoms with Crippen LogP contribution >= 0.6 is 0 Å². The van der Waals surface area contributed by atoms with Gasteiger partial charge in [0.05, 0.1) is 5.56 Å². The third-order valence-corrected chi connectivity index (χ3v) is 2.48. The Balaban J connectivity index is 2.53. The molecule has 0 aliphatic rings. The third kappa shape index (κ3) is 1.85. The minimum Gasteiger partial charge on any atom is -0.459 e. The van der Waals surface area contributed by atoms with Gasteiger partial charge in [0.2, 0.25) is 0 Å². The summed E-state index contributed by atoms with van der Waals surface area (Å²) >= 11 is 0. The Hall–Kier alpha value is -2.01. The van der Waals surface area contributed by atoms with Crippen molar-refractivity contribution < 1.29 is 4.42 Å². The molecule has 0 aliphatic carbocycles. The lowest BCUT2D eigenvalue weighted by Crippen LogP contribution is -1.80. The number of benzene rings is 1. The van der Waals surface area contributed by atoms with E-state index in [0.29, 0.717) is 17.2 Å². The summed E-state index contributed by atoms with van der Waals surface area (Å²) in [4.78, 5) is 0. The molecule has 0 fully saturated rings. The topological polar surface area (TPSA) is 36.9 Å². The van der Waals surface area contributed by atoms with Crippen molar-refractivity contribution in [3.8, 4) is 17.4 Å². The highest BCUT2D eigenvalue weighted by molar-refractivity contribution is 5.65. The monoisotopic (exact) mass is 211 g/mol. The normalized spacial score (nSPS) is 10.4. The molecule has 0 radical (unpaired) electrons. The van der Waals surface area contributed by atoms with E-state index >= 15 is 0 Å². The summed E-state index contributed by atoms with van der Waals surface area (Å²) in [5.74, 6) is 1.83. The first-order chi connectivity index (χ1) is 7.72. The fraction of sp³-hybridized carbons (Fsp3) is 0.214. The minimum atomic E-state index is 0.296. The second kappa shape index (κ2) is 4.24. The zero-order valence-electron chi connectivity index (χ0n) is 9.40. The van der Waals surface area contributed by atoms with E-state index in [2.05, 4.69) is 19.9 Å². The molecule has 2 aromatic rings. The largest absolute Gasteiger partial charge is 0.459 e. The minimum absolute atomic E-state index is 0.296. The fourth-order valence-corrected chi connectivity index (χ4v) is 1.58. The molecule has 0 spiro atoms. The Labute approximate surface area is 95.1 Å². The lowest BCUT2D eigenvalue weighted by molar-refractivity contribution is 0.498. The van der Waals surface area contributed by atoms with Crippen molar-refractivity contribution in [2.45, 2.75) is 19.8 Å². The van der Waals surface area contributed by atoms with Gasteiger partial charge in [-0.1, -0.05) is 44.2 Å². The molecule has 16 heavy (non-hydrogen) atoms. The summed E-state index contributed by atoms with van der Waals surface area (Å²) < 4.78 is 5.73.